The van der Waals surface area contributed by atoms with Crippen molar-refractivity contribution in [1.82, 2.24) is 34.2 Å². The molecule has 4 aromatic rings. The average molecular weight is 568 g/mol. The number of nitrogens with zero attached hydrogens (tertiary/aromatic N) is 8. The first-order valence-electron chi connectivity index (χ1n) is 13.9. The number of hydrogen-bond acceptors (Lipinski definition) is 9. The van der Waals surface area contributed by atoms with Gasteiger partial charge < -0.3 is 14.5 Å². The van der Waals surface area contributed by atoms with Crippen LogP contribution in [0, 0.1) is 19.8 Å². The second-order valence-electron chi connectivity index (χ2n) is 11.1. The molecule has 42 heavy (non-hydrogen) atoms. The lowest BCUT2D eigenvalue weighted by Crippen LogP contribution is -2.30. The number of aryl methyl sites for hydroxylation is 2. The number of hydrogen-bond donors (Lipinski definition) is 1. The largest absolute Gasteiger partial charge is 0.471 e. The van der Waals surface area contributed by atoms with E-state index in [1.807, 2.05) is 35.9 Å². The van der Waals surface area contributed by atoms with Crippen LogP contribution in [0.15, 0.2) is 36.8 Å². The Balaban J connectivity index is 1.07. The van der Waals surface area contributed by atoms with Crippen LogP contribution in [0.1, 0.15) is 59.7 Å². The van der Waals surface area contributed by atoms with Crippen molar-refractivity contribution in [3.63, 3.8) is 0 Å². The zero-order valence-electron chi connectivity index (χ0n) is 23.4. The first-order valence-corrected chi connectivity index (χ1v) is 13.9. The third kappa shape index (κ3) is 4.91. The lowest BCUT2D eigenvalue weighted by Gasteiger charge is -2.17. The number of imidazole rings is 1. The van der Waals surface area contributed by atoms with E-state index in [9.17, 15) is 14.4 Å². The molecule has 2 saturated carbocycles. The highest BCUT2D eigenvalue weighted by atomic mass is 16.5. The summed E-state index contributed by atoms with van der Waals surface area (Å²) in [5, 5.41) is 2.88. The Hall–Kier alpha value is -4.94. The first-order chi connectivity index (χ1) is 20.2. The minimum absolute atomic E-state index is 0.00158. The van der Waals surface area contributed by atoms with Crippen molar-refractivity contribution in [2.75, 3.05) is 23.8 Å². The van der Waals surface area contributed by atoms with Gasteiger partial charge in [-0.15, -0.1) is 0 Å². The number of carbonyl (C=O) groups excluding carboxylic acids is 3. The smallest absolute Gasteiger partial charge is 0.331 e. The number of rotatable bonds is 8. The first kappa shape index (κ1) is 26.0. The number of aromatic nitrogens is 6. The summed E-state index contributed by atoms with van der Waals surface area (Å²) >= 11 is 0. The van der Waals surface area contributed by atoms with E-state index >= 15 is 0 Å². The molecule has 1 saturated heterocycles. The summed E-state index contributed by atoms with van der Waals surface area (Å²) in [4.78, 5) is 62.7. The van der Waals surface area contributed by atoms with Crippen LogP contribution in [-0.4, -0.2) is 65.7 Å². The molecule has 2 unspecified atom stereocenters. The van der Waals surface area contributed by atoms with E-state index in [0.717, 1.165) is 29.0 Å². The summed E-state index contributed by atoms with van der Waals surface area (Å²) < 4.78 is 7.86. The van der Waals surface area contributed by atoms with Crippen LogP contribution >= 0.6 is 0 Å². The van der Waals surface area contributed by atoms with E-state index in [1.54, 1.807) is 19.2 Å². The van der Waals surface area contributed by atoms with Gasteiger partial charge in [0.2, 0.25) is 17.7 Å². The van der Waals surface area contributed by atoms with Crippen molar-refractivity contribution in [2.24, 2.45) is 5.92 Å². The lowest BCUT2D eigenvalue weighted by molar-refractivity contribution is -0.124. The van der Waals surface area contributed by atoms with Gasteiger partial charge in [-0.25, -0.2) is 24.7 Å². The highest BCUT2D eigenvalue weighted by Gasteiger charge is 2.46. The molecular formula is C29H29N9O4. The standard InChI is InChI=1S/C29H29N9O4/c1-15-6-7-30-26(31-15)20-9-21(20)28(40)35-23-10-24(33-16(2)32-23)42-14-19-12-37-11-18(17-4-5-17)8-22(27(37)34-19)38-13-25(39)36(3)29(38)41/h6-8,10-12,17,20-21H,4-5,9,13-14H2,1-3H3,(H,32,33,35,40). The van der Waals surface area contributed by atoms with E-state index in [0.29, 0.717) is 52.7 Å². The molecule has 1 N–H and O–H groups in total. The number of carbonyl (C=O) groups is 3. The Kier molecular flexibility index (Phi) is 6.10. The minimum Gasteiger partial charge on any atom is -0.471 e. The minimum atomic E-state index is -0.370. The molecule has 0 aromatic carbocycles. The third-order valence-electron chi connectivity index (χ3n) is 7.83. The Bertz CT molecular complexity index is 1770. The zero-order chi connectivity index (χ0) is 29.1. The molecule has 13 nitrogen and oxygen atoms in total. The number of anilines is 2. The van der Waals surface area contributed by atoms with Gasteiger partial charge in [0.05, 0.1) is 11.4 Å². The Morgan fingerprint density at radius 3 is 2.67 bits per heavy atom. The second kappa shape index (κ2) is 9.86. The van der Waals surface area contributed by atoms with Crippen molar-refractivity contribution in [3.8, 4) is 5.88 Å². The zero-order valence-corrected chi connectivity index (χ0v) is 23.4. The Morgan fingerprint density at radius 2 is 1.93 bits per heavy atom. The molecule has 0 radical (unpaired) electrons. The maximum absolute atomic E-state index is 12.9. The molecule has 4 aromatic heterocycles. The number of amides is 4. The van der Waals surface area contributed by atoms with Gasteiger partial charge in [-0.1, -0.05) is 0 Å². The summed E-state index contributed by atoms with van der Waals surface area (Å²) in [5.74, 6) is 1.61. The molecule has 2 atom stereocenters. The SMILES string of the molecule is Cc1ccnc(C2CC2C(=O)Nc2cc(OCc3cn4cc(C5CC5)cc(N5CC(=O)N(C)C5=O)c4n3)nc(C)n2)n1. The van der Waals surface area contributed by atoms with Gasteiger partial charge >= 0.3 is 6.03 Å². The summed E-state index contributed by atoms with van der Waals surface area (Å²) in [6.45, 7) is 3.71. The lowest BCUT2D eigenvalue weighted by atomic mass is 10.1. The maximum Gasteiger partial charge on any atom is 0.331 e. The topological polar surface area (TPSA) is 148 Å². The molecule has 5 heterocycles. The molecule has 7 rings (SSSR count). The van der Waals surface area contributed by atoms with Crippen LogP contribution in [0.3, 0.4) is 0 Å². The van der Waals surface area contributed by atoms with Gasteiger partial charge in [0.25, 0.3) is 0 Å². The van der Waals surface area contributed by atoms with Crippen LogP contribution in [0.4, 0.5) is 16.3 Å². The van der Waals surface area contributed by atoms with E-state index in [-0.39, 0.29) is 42.8 Å². The van der Waals surface area contributed by atoms with Crippen LogP contribution < -0.4 is 15.0 Å². The number of nitrogens with one attached hydrogen (secondary N) is 1. The van der Waals surface area contributed by atoms with Gasteiger partial charge in [0, 0.05) is 49.2 Å². The van der Waals surface area contributed by atoms with Gasteiger partial charge in [-0.05, 0) is 56.7 Å². The number of urea groups is 1. The van der Waals surface area contributed by atoms with Crippen molar-refractivity contribution >= 4 is 35.0 Å². The molecule has 13 heteroatoms. The summed E-state index contributed by atoms with van der Waals surface area (Å²) in [6, 6.07) is 5.01. The Labute approximate surface area is 241 Å². The monoisotopic (exact) mass is 567 g/mol. The maximum atomic E-state index is 12.9. The molecular weight excluding hydrogens is 538 g/mol. The van der Waals surface area contributed by atoms with E-state index in [4.69, 9.17) is 9.72 Å². The van der Waals surface area contributed by atoms with Crippen molar-refractivity contribution < 1.29 is 19.1 Å². The average Bonchev–Trinajstić information content (AvgIpc) is 3.88. The summed E-state index contributed by atoms with van der Waals surface area (Å²) in [6.07, 6.45) is 8.46. The molecule has 0 spiro atoms. The number of imide groups is 1. The predicted octanol–water partition coefficient (Wildman–Crippen LogP) is 3.13. The highest BCUT2D eigenvalue weighted by molar-refractivity contribution is 6.13. The van der Waals surface area contributed by atoms with Crippen LogP contribution in [-0.2, 0) is 16.2 Å². The molecule has 2 aliphatic carbocycles. The fraction of sp³-hybridized carbons (Fsp3) is 0.379. The van der Waals surface area contributed by atoms with Gasteiger partial charge in [-0.2, -0.15) is 4.98 Å². The number of likely N-dealkylation sites (N-methyl/N-ethyl adjacent to an activating group) is 1. The second-order valence-corrected chi connectivity index (χ2v) is 11.1. The molecule has 1 aliphatic heterocycles. The van der Waals surface area contributed by atoms with Crippen molar-refractivity contribution in [2.45, 2.75) is 51.6 Å². The number of pyridine rings is 1. The third-order valence-corrected chi connectivity index (χ3v) is 7.83. The fourth-order valence-electron chi connectivity index (χ4n) is 5.31. The van der Waals surface area contributed by atoms with Gasteiger partial charge in [0.15, 0.2) is 5.65 Å². The fourth-order valence-corrected chi connectivity index (χ4v) is 5.31. The Morgan fingerprint density at radius 1 is 1.10 bits per heavy atom. The summed E-state index contributed by atoms with van der Waals surface area (Å²) in [5.41, 5.74) is 3.77. The van der Waals surface area contributed by atoms with Crippen LogP contribution in [0.5, 0.6) is 5.88 Å². The van der Waals surface area contributed by atoms with Gasteiger partial charge in [-0.3, -0.25) is 19.4 Å². The molecule has 3 aliphatic rings. The van der Waals surface area contributed by atoms with Crippen molar-refractivity contribution in [3.05, 3.63) is 65.4 Å². The van der Waals surface area contributed by atoms with E-state index in [1.165, 1.54) is 11.9 Å². The molecule has 0 bridgehead atoms. The van der Waals surface area contributed by atoms with E-state index in [2.05, 4.69) is 25.3 Å². The van der Waals surface area contributed by atoms with Crippen LogP contribution in [0.2, 0.25) is 0 Å². The van der Waals surface area contributed by atoms with Crippen LogP contribution in [0.25, 0.3) is 5.65 Å². The molecule has 214 valence electrons. The highest BCUT2D eigenvalue weighted by Crippen LogP contribution is 2.46. The number of ether oxygens (including phenoxy) is 1. The predicted molar refractivity (Wildman–Crippen MR) is 150 cm³/mol. The quantitative estimate of drug-likeness (QED) is 0.317. The molecule has 4 amide bonds. The number of fused-ring (bicyclic) bond motifs is 1. The normalized spacial score (nSPS) is 20.0. The van der Waals surface area contributed by atoms with Gasteiger partial charge in [0.1, 0.15) is 30.6 Å². The summed E-state index contributed by atoms with van der Waals surface area (Å²) in [7, 11) is 1.49. The van der Waals surface area contributed by atoms with E-state index < -0.39 is 0 Å². The van der Waals surface area contributed by atoms with Crippen molar-refractivity contribution in [1.29, 1.82) is 0 Å². The molecule has 3 fully saturated rings.